The number of anilines is 2. The van der Waals surface area contributed by atoms with Gasteiger partial charge in [-0.2, -0.15) is 0 Å². The molecule has 4 nitrogen and oxygen atoms in total. The van der Waals surface area contributed by atoms with E-state index < -0.39 is 0 Å². The number of pyridine rings is 2. The zero-order valence-electron chi connectivity index (χ0n) is 13.1. The highest BCUT2D eigenvalue weighted by molar-refractivity contribution is 5.45. The predicted molar refractivity (Wildman–Crippen MR) is 91.4 cm³/mol. The number of nitrogens with zero attached hydrogens (tertiary/aromatic N) is 4. The minimum atomic E-state index is 1.13. The molecule has 116 valence electrons. The van der Waals surface area contributed by atoms with E-state index in [0.29, 0.717) is 0 Å². The van der Waals surface area contributed by atoms with E-state index in [1.165, 1.54) is 57.5 Å². The van der Waals surface area contributed by atoms with Crippen molar-refractivity contribution in [1.82, 2.24) is 9.97 Å². The molecule has 4 heterocycles. The second kappa shape index (κ2) is 7.78. The van der Waals surface area contributed by atoms with Crippen LogP contribution in [-0.4, -0.2) is 36.1 Å². The number of rotatable bonds is 2. The minimum Gasteiger partial charge on any atom is -0.371 e. The fourth-order valence-electron chi connectivity index (χ4n) is 3.02. The first-order valence-corrected chi connectivity index (χ1v) is 8.24. The third-order valence-corrected chi connectivity index (χ3v) is 4.21. The Morgan fingerprint density at radius 1 is 0.682 bits per heavy atom. The molecule has 2 aliphatic rings. The van der Waals surface area contributed by atoms with E-state index in [0.717, 1.165) is 5.82 Å². The Morgan fingerprint density at radius 3 is 1.91 bits per heavy atom. The van der Waals surface area contributed by atoms with Crippen molar-refractivity contribution in [1.29, 1.82) is 0 Å². The van der Waals surface area contributed by atoms with Crippen LogP contribution in [0.15, 0.2) is 48.9 Å². The van der Waals surface area contributed by atoms with Gasteiger partial charge in [0.2, 0.25) is 0 Å². The van der Waals surface area contributed by atoms with Crippen molar-refractivity contribution in [2.45, 2.75) is 25.7 Å². The Kier molecular flexibility index (Phi) is 5.24. The zero-order chi connectivity index (χ0) is 15.0. The van der Waals surface area contributed by atoms with E-state index in [4.69, 9.17) is 0 Å². The number of hydrogen-bond donors (Lipinski definition) is 0. The molecule has 4 heteroatoms. The molecule has 0 aromatic carbocycles. The molecule has 0 amide bonds. The summed E-state index contributed by atoms with van der Waals surface area (Å²) in [4.78, 5) is 13.0. The van der Waals surface area contributed by atoms with E-state index in [9.17, 15) is 0 Å². The third-order valence-electron chi connectivity index (χ3n) is 4.21. The molecular formula is C18H24N4. The Labute approximate surface area is 132 Å². The molecule has 2 fully saturated rings. The van der Waals surface area contributed by atoms with Gasteiger partial charge in [-0.05, 0) is 49.9 Å². The standard InChI is InChI=1S/2C9H12N2/c1-2-8-11(7-1)9-3-5-10-6-4-9;1-2-6-10-9(5-1)11-7-3-4-8-11/h3-6H,1-2,7-8H2;1-2,5-6H,3-4,7-8H2. The van der Waals surface area contributed by atoms with Gasteiger partial charge in [0.15, 0.2) is 0 Å². The molecule has 22 heavy (non-hydrogen) atoms. The van der Waals surface area contributed by atoms with Crippen LogP contribution in [-0.2, 0) is 0 Å². The number of aromatic nitrogens is 2. The lowest BCUT2D eigenvalue weighted by Gasteiger charge is -2.16. The highest BCUT2D eigenvalue weighted by Crippen LogP contribution is 2.18. The first-order valence-electron chi connectivity index (χ1n) is 8.24. The van der Waals surface area contributed by atoms with Gasteiger partial charge in [-0.3, -0.25) is 4.98 Å². The normalized spacial score (nSPS) is 17.3. The lowest BCUT2D eigenvalue weighted by Crippen LogP contribution is -2.18. The van der Waals surface area contributed by atoms with Gasteiger partial charge in [0, 0.05) is 50.5 Å². The highest BCUT2D eigenvalue weighted by atomic mass is 15.2. The molecule has 0 aliphatic carbocycles. The molecule has 0 N–H and O–H groups in total. The maximum atomic E-state index is 4.29. The summed E-state index contributed by atoms with van der Waals surface area (Å²) in [7, 11) is 0. The van der Waals surface area contributed by atoms with Gasteiger partial charge in [0.05, 0.1) is 0 Å². The van der Waals surface area contributed by atoms with E-state index in [1.807, 2.05) is 30.7 Å². The molecule has 4 rings (SSSR count). The Bertz CT molecular complexity index is 480. The summed E-state index contributed by atoms with van der Waals surface area (Å²) in [5, 5.41) is 0. The molecule has 0 saturated carbocycles. The fraction of sp³-hybridized carbons (Fsp3) is 0.444. The van der Waals surface area contributed by atoms with Crippen molar-refractivity contribution in [3.63, 3.8) is 0 Å². The molecule has 2 aromatic rings. The van der Waals surface area contributed by atoms with Gasteiger partial charge >= 0.3 is 0 Å². The average molecular weight is 296 g/mol. The van der Waals surface area contributed by atoms with Crippen LogP contribution in [0.1, 0.15) is 25.7 Å². The molecule has 0 unspecified atom stereocenters. The van der Waals surface area contributed by atoms with E-state index >= 15 is 0 Å². The van der Waals surface area contributed by atoms with Crippen molar-refractivity contribution >= 4 is 11.5 Å². The van der Waals surface area contributed by atoms with Crippen molar-refractivity contribution in [3.8, 4) is 0 Å². The topological polar surface area (TPSA) is 32.3 Å². The first kappa shape index (κ1) is 14.8. The molecule has 0 spiro atoms. The molecule has 0 radical (unpaired) electrons. The summed E-state index contributed by atoms with van der Waals surface area (Å²) in [6.07, 6.45) is 10.9. The van der Waals surface area contributed by atoms with Crippen LogP contribution >= 0.6 is 0 Å². The molecule has 0 bridgehead atoms. The molecular weight excluding hydrogens is 272 g/mol. The summed E-state index contributed by atoms with van der Waals surface area (Å²) in [5.74, 6) is 1.13. The average Bonchev–Trinajstić information content (AvgIpc) is 3.31. The monoisotopic (exact) mass is 296 g/mol. The van der Waals surface area contributed by atoms with Crippen LogP contribution in [0.25, 0.3) is 0 Å². The van der Waals surface area contributed by atoms with Crippen LogP contribution in [0.4, 0.5) is 11.5 Å². The van der Waals surface area contributed by atoms with Crippen molar-refractivity contribution < 1.29 is 0 Å². The summed E-state index contributed by atoms with van der Waals surface area (Å²) >= 11 is 0. The summed E-state index contributed by atoms with van der Waals surface area (Å²) < 4.78 is 0. The fourth-order valence-corrected chi connectivity index (χ4v) is 3.02. The van der Waals surface area contributed by atoms with Crippen molar-refractivity contribution in [2.24, 2.45) is 0 Å². The SMILES string of the molecule is c1cc(N2CCCC2)ccn1.c1ccc(N2CCCC2)nc1. The summed E-state index contributed by atoms with van der Waals surface area (Å²) in [6, 6.07) is 10.2. The van der Waals surface area contributed by atoms with Gasteiger partial charge in [-0.25, -0.2) is 4.98 Å². The number of hydrogen-bond acceptors (Lipinski definition) is 4. The molecule has 2 saturated heterocycles. The minimum absolute atomic E-state index is 1.13. The zero-order valence-corrected chi connectivity index (χ0v) is 13.1. The molecule has 0 atom stereocenters. The lowest BCUT2D eigenvalue weighted by atomic mass is 10.4. The second-order valence-electron chi connectivity index (χ2n) is 5.78. The van der Waals surface area contributed by atoms with Gasteiger partial charge in [-0.1, -0.05) is 6.07 Å². The van der Waals surface area contributed by atoms with Crippen LogP contribution in [0.3, 0.4) is 0 Å². The van der Waals surface area contributed by atoms with E-state index in [-0.39, 0.29) is 0 Å². The predicted octanol–water partition coefficient (Wildman–Crippen LogP) is 3.36. The van der Waals surface area contributed by atoms with Gasteiger partial charge in [0.25, 0.3) is 0 Å². The largest absolute Gasteiger partial charge is 0.371 e. The van der Waals surface area contributed by atoms with E-state index in [1.54, 1.807) is 0 Å². The Balaban J connectivity index is 0.000000131. The summed E-state index contributed by atoms with van der Waals surface area (Å²) in [6.45, 7) is 4.78. The van der Waals surface area contributed by atoms with Gasteiger partial charge in [-0.15, -0.1) is 0 Å². The maximum absolute atomic E-state index is 4.29. The van der Waals surface area contributed by atoms with Crippen LogP contribution in [0.5, 0.6) is 0 Å². The smallest absolute Gasteiger partial charge is 0.128 e. The molecule has 2 aliphatic heterocycles. The quantitative estimate of drug-likeness (QED) is 0.850. The first-order chi connectivity index (χ1) is 10.9. The Hall–Kier alpha value is -2.10. The lowest BCUT2D eigenvalue weighted by molar-refractivity contribution is 0.938. The Morgan fingerprint density at radius 2 is 1.32 bits per heavy atom. The van der Waals surface area contributed by atoms with Crippen molar-refractivity contribution in [3.05, 3.63) is 48.9 Å². The van der Waals surface area contributed by atoms with Crippen LogP contribution in [0.2, 0.25) is 0 Å². The second-order valence-corrected chi connectivity index (χ2v) is 5.78. The summed E-state index contributed by atoms with van der Waals surface area (Å²) in [5.41, 5.74) is 1.32. The third kappa shape index (κ3) is 3.97. The highest BCUT2D eigenvalue weighted by Gasteiger charge is 2.12. The molecule has 2 aromatic heterocycles. The van der Waals surface area contributed by atoms with Crippen LogP contribution < -0.4 is 9.80 Å². The van der Waals surface area contributed by atoms with E-state index in [2.05, 4.69) is 38.0 Å². The maximum Gasteiger partial charge on any atom is 0.128 e. The van der Waals surface area contributed by atoms with Crippen LogP contribution in [0, 0.1) is 0 Å². The van der Waals surface area contributed by atoms with Gasteiger partial charge < -0.3 is 9.80 Å². The van der Waals surface area contributed by atoms with Gasteiger partial charge in [0.1, 0.15) is 5.82 Å². The van der Waals surface area contributed by atoms with Crippen molar-refractivity contribution in [2.75, 3.05) is 36.0 Å².